The smallest absolute Gasteiger partial charge is 0.141 e. The second kappa shape index (κ2) is 5.45. The maximum Gasteiger partial charge on any atom is 0.141 e. The van der Waals surface area contributed by atoms with Crippen LogP contribution in [0.3, 0.4) is 0 Å². The number of halogens is 1. The van der Waals surface area contributed by atoms with Crippen LogP contribution in [0.25, 0.3) is 0 Å². The molecule has 17 heavy (non-hydrogen) atoms. The molecule has 3 nitrogen and oxygen atoms in total. The summed E-state index contributed by atoms with van der Waals surface area (Å²) in [7, 11) is 2.06. The number of nitrogens with zero attached hydrogens (tertiary/aromatic N) is 2. The van der Waals surface area contributed by atoms with E-state index in [9.17, 15) is 4.39 Å². The summed E-state index contributed by atoms with van der Waals surface area (Å²) in [6.07, 6.45) is 5.03. The zero-order valence-corrected chi connectivity index (χ0v) is 10.5. The average molecular weight is 237 g/mol. The summed E-state index contributed by atoms with van der Waals surface area (Å²) in [5.74, 6) is 0.653. The number of aromatic nitrogens is 1. The first-order valence-corrected chi connectivity index (χ1v) is 6.30. The Morgan fingerprint density at radius 3 is 2.88 bits per heavy atom. The highest BCUT2D eigenvalue weighted by molar-refractivity contribution is 5.47. The zero-order valence-electron chi connectivity index (χ0n) is 10.5. The lowest BCUT2D eigenvalue weighted by Crippen LogP contribution is -2.38. The molecule has 1 fully saturated rings. The highest BCUT2D eigenvalue weighted by atomic mass is 19.1. The van der Waals surface area contributed by atoms with E-state index in [0.717, 1.165) is 17.9 Å². The van der Waals surface area contributed by atoms with Gasteiger partial charge in [0.05, 0.1) is 6.20 Å². The molecule has 0 aromatic carbocycles. The van der Waals surface area contributed by atoms with Gasteiger partial charge >= 0.3 is 0 Å². The summed E-state index contributed by atoms with van der Waals surface area (Å²) in [5, 5.41) is 3.23. The third-order valence-electron chi connectivity index (χ3n) is 3.43. The first-order valence-electron chi connectivity index (χ1n) is 6.30. The van der Waals surface area contributed by atoms with E-state index in [2.05, 4.69) is 22.2 Å². The van der Waals surface area contributed by atoms with Crippen LogP contribution in [0.4, 0.5) is 10.2 Å². The van der Waals surface area contributed by atoms with E-state index in [0.29, 0.717) is 12.6 Å². The van der Waals surface area contributed by atoms with Gasteiger partial charge in [-0.3, -0.25) is 0 Å². The second-order valence-electron chi connectivity index (χ2n) is 4.61. The molecule has 1 heterocycles. The Balaban J connectivity index is 2.18. The minimum absolute atomic E-state index is 0.260. The molecule has 1 aliphatic carbocycles. The van der Waals surface area contributed by atoms with E-state index in [1.165, 1.54) is 25.5 Å². The fraction of sp³-hybridized carbons (Fsp3) is 0.615. The summed E-state index contributed by atoms with van der Waals surface area (Å²) in [6, 6.07) is 2.16. The van der Waals surface area contributed by atoms with Gasteiger partial charge in [-0.2, -0.15) is 0 Å². The van der Waals surface area contributed by atoms with E-state index in [-0.39, 0.29) is 5.82 Å². The van der Waals surface area contributed by atoms with Gasteiger partial charge in [0.25, 0.3) is 0 Å². The molecular formula is C13H20FN3. The van der Waals surface area contributed by atoms with Crippen molar-refractivity contribution in [2.75, 3.05) is 18.5 Å². The van der Waals surface area contributed by atoms with Crippen molar-refractivity contribution in [3.63, 3.8) is 0 Å². The highest BCUT2D eigenvalue weighted by Crippen LogP contribution is 2.29. The molecule has 1 aliphatic rings. The average Bonchev–Trinajstić information content (AvgIpc) is 2.23. The van der Waals surface area contributed by atoms with Gasteiger partial charge < -0.3 is 10.2 Å². The van der Waals surface area contributed by atoms with Crippen LogP contribution in [0.15, 0.2) is 12.3 Å². The molecule has 2 rings (SSSR count). The van der Waals surface area contributed by atoms with E-state index < -0.39 is 0 Å². The standard InChI is InChI=1S/C13H20FN3/c1-3-15-8-10-7-11(14)9-16-13(10)17(2)12-5-4-6-12/h7,9,12,15H,3-6,8H2,1-2H3. The molecule has 0 spiro atoms. The van der Waals surface area contributed by atoms with Crippen molar-refractivity contribution in [1.29, 1.82) is 0 Å². The maximum atomic E-state index is 13.2. The minimum Gasteiger partial charge on any atom is -0.356 e. The molecule has 0 bridgehead atoms. The molecule has 0 unspecified atom stereocenters. The SMILES string of the molecule is CCNCc1cc(F)cnc1N(C)C1CCC1. The summed E-state index contributed by atoms with van der Waals surface area (Å²) in [5.41, 5.74) is 0.946. The Morgan fingerprint density at radius 1 is 1.53 bits per heavy atom. The fourth-order valence-electron chi connectivity index (χ4n) is 2.13. The van der Waals surface area contributed by atoms with Gasteiger partial charge in [0.1, 0.15) is 11.6 Å². The normalized spacial score (nSPS) is 15.7. The lowest BCUT2D eigenvalue weighted by Gasteiger charge is -2.36. The summed E-state index contributed by atoms with van der Waals surface area (Å²) in [4.78, 5) is 6.43. The Bertz CT molecular complexity index is 377. The van der Waals surface area contributed by atoms with Crippen molar-refractivity contribution in [3.05, 3.63) is 23.6 Å². The van der Waals surface area contributed by atoms with Crippen LogP contribution < -0.4 is 10.2 Å². The molecule has 1 N–H and O–H groups in total. The van der Waals surface area contributed by atoms with Crippen LogP contribution in [0.1, 0.15) is 31.7 Å². The van der Waals surface area contributed by atoms with Gasteiger partial charge in [-0.1, -0.05) is 6.92 Å². The first-order chi connectivity index (χ1) is 8.22. The van der Waals surface area contributed by atoms with Crippen molar-refractivity contribution >= 4 is 5.82 Å². The number of hydrogen-bond donors (Lipinski definition) is 1. The molecule has 0 aliphatic heterocycles. The molecule has 0 saturated heterocycles. The molecule has 1 aromatic heterocycles. The lowest BCUT2D eigenvalue weighted by atomic mass is 9.91. The van der Waals surface area contributed by atoms with E-state index in [1.54, 1.807) is 6.07 Å². The number of hydrogen-bond acceptors (Lipinski definition) is 3. The van der Waals surface area contributed by atoms with E-state index in [4.69, 9.17) is 0 Å². The molecule has 0 atom stereocenters. The van der Waals surface area contributed by atoms with E-state index in [1.807, 2.05) is 6.92 Å². The van der Waals surface area contributed by atoms with Crippen LogP contribution in [0, 0.1) is 5.82 Å². The monoisotopic (exact) mass is 237 g/mol. The third-order valence-corrected chi connectivity index (χ3v) is 3.43. The van der Waals surface area contributed by atoms with E-state index >= 15 is 0 Å². The Hall–Kier alpha value is -1.16. The first kappa shape index (κ1) is 12.3. The van der Waals surface area contributed by atoms with Crippen LogP contribution in [-0.2, 0) is 6.54 Å². The topological polar surface area (TPSA) is 28.2 Å². The molecule has 0 radical (unpaired) electrons. The zero-order chi connectivity index (χ0) is 12.3. The maximum absolute atomic E-state index is 13.2. The van der Waals surface area contributed by atoms with Gasteiger partial charge in [-0.25, -0.2) is 9.37 Å². The molecule has 4 heteroatoms. The van der Waals surface area contributed by atoms with Gasteiger partial charge in [0, 0.05) is 25.2 Å². The molecule has 1 saturated carbocycles. The molecule has 0 amide bonds. The van der Waals surface area contributed by atoms with Crippen LogP contribution in [-0.4, -0.2) is 24.6 Å². The lowest BCUT2D eigenvalue weighted by molar-refractivity contribution is 0.398. The van der Waals surface area contributed by atoms with Crippen molar-refractivity contribution in [2.45, 2.75) is 38.8 Å². The predicted molar refractivity (Wildman–Crippen MR) is 67.6 cm³/mol. The van der Waals surface area contributed by atoms with Crippen LogP contribution in [0.2, 0.25) is 0 Å². The third kappa shape index (κ3) is 2.75. The number of pyridine rings is 1. The van der Waals surface area contributed by atoms with Crippen molar-refractivity contribution in [3.8, 4) is 0 Å². The predicted octanol–water partition coefficient (Wildman–Crippen LogP) is 2.32. The molecular weight excluding hydrogens is 217 g/mol. The van der Waals surface area contributed by atoms with Gasteiger partial charge in [0.2, 0.25) is 0 Å². The Kier molecular flexibility index (Phi) is 3.94. The largest absolute Gasteiger partial charge is 0.356 e. The fourth-order valence-corrected chi connectivity index (χ4v) is 2.13. The number of anilines is 1. The highest BCUT2D eigenvalue weighted by Gasteiger charge is 2.24. The van der Waals surface area contributed by atoms with Gasteiger partial charge in [-0.05, 0) is 31.9 Å². The van der Waals surface area contributed by atoms with Crippen LogP contribution >= 0.6 is 0 Å². The summed E-state index contributed by atoms with van der Waals surface area (Å²) in [6.45, 7) is 3.60. The van der Waals surface area contributed by atoms with Crippen molar-refractivity contribution in [2.24, 2.45) is 0 Å². The van der Waals surface area contributed by atoms with Crippen molar-refractivity contribution < 1.29 is 4.39 Å². The summed E-state index contributed by atoms with van der Waals surface area (Å²) >= 11 is 0. The molecule has 94 valence electrons. The van der Waals surface area contributed by atoms with Crippen LogP contribution in [0.5, 0.6) is 0 Å². The number of rotatable bonds is 5. The second-order valence-corrected chi connectivity index (χ2v) is 4.61. The van der Waals surface area contributed by atoms with Gasteiger partial charge in [-0.15, -0.1) is 0 Å². The number of nitrogens with one attached hydrogen (secondary N) is 1. The minimum atomic E-state index is -0.260. The van der Waals surface area contributed by atoms with Crippen molar-refractivity contribution in [1.82, 2.24) is 10.3 Å². The summed E-state index contributed by atoms with van der Waals surface area (Å²) < 4.78 is 13.2. The molecule has 1 aromatic rings. The Morgan fingerprint density at radius 2 is 2.29 bits per heavy atom. The Labute approximate surface area is 102 Å². The van der Waals surface area contributed by atoms with Gasteiger partial charge in [0.15, 0.2) is 0 Å². The quantitative estimate of drug-likeness (QED) is 0.852.